The van der Waals surface area contributed by atoms with E-state index in [9.17, 15) is 0 Å². The molecule has 0 fully saturated rings. The van der Waals surface area contributed by atoms with Gasteiger partial charge in [-0.1, -0.05) is 0 Å². The van der Waals surface area contributed by atoms with Gasteiger partial charge in [0, 0.05) is 45.8 Å². The maximum atomic E-state index is 5.83. The second-order valence-electron chi connectivity index (χ2n) is 3.23. The topological polar surface area (TPSA) is 119 Å². The average molecular weight is 204 g/mol. The van der Waals surface area contributed by atoms with Crippen LogP contribution in [0.15, 0.2) is 0 Å². The molecule has 86 valence electrons. The van der Waals surface area contributed by atoms with Crippen LogP contribution in [0.5, 0.6) is 0 Å². The van der Waals surface area contributed by atoms with E-state index >= 15 is 0 Å². The number of hydrogen-bond donors (Lipinski definition) is 5. The third kappa shape index (κ3) is 7.19. The van der Waals surface area contributed by atoms with E-state index in [1.807, 2.05) is 0 Å². The molecular weight excluding hydrogens is 180 g/mol. The Morgan fingerprint density at radius 1 is 1.00 bits per heavy atom. The summed E-state index contributed by atoms with van der Waals surface area (Å²) in [5.41, 5.74) is 22.1. The second kappa shape index (κ2) is 9.32. The summed E-state index contributed by atoms with van der Waals surface area (Å²) >= 11 is 0. The molecule has 0 spiro atoms. The molecule has 9 N–H and O–H groups in total. The first-order chi connectivity index (χ1) is 6.74. The molecule has 0 rings (SSSR count). The number of hydrogen-bond acceptors (Lipinski definition) is 6. The summed E-state index contributed by atoms with van der Waals surface area (Å²) in [6.45, 7) is 5.01. The highest BCUT2D eigenvalue weighted by atomic mass is 15.2. The molecule has 0 saturated carbocycles. The molecule has 0 bridgehead atoms. The maximum absolute atomic E-state index is 5.83. The molecule has 0 aromatic heterocycles. The van der Waals surface area contributed by atoms with Gasteiger partial charge >= 0.3 is 0 Å². The molecule has 1 atom stereocenters. The second-order valence-corrected chi connectivity index (χ2v) is 3.23. The first-order valence-electron chi connectivity index (χ1n) is 5.06. The maximum Gasteiger partial charge on any atom is 0.0678 e. The van der Waals surface area contributed by atoms with E-state index in [1.54, 1.807) is 0 Å². The fourth-order valence-corrected chi connectivity index (χ4v) is 1.27. The molecule has 0 aliphatic rings. The van der Waals surface area contributed by atoms with E-state index in [0.29, 0.717) is 19.6 Å². The van der Waals surface area contributed by atoms with Crippen molar-refractivity contribution in [1.82, 2.24) is 10.2 Å². The van der Waals surface area contributed by atoms with Crippen LogP contribution in [-0.2, 0) is 0 Å². The summed E-state index contributed by atoms with van der Waals surface area (Å²) < 4.78 is 0. The molecule has 0 aliphatic carbocycles. The zero-order valence-electron chi connectivity index (χ0n) is 8.78. The fraction of sp³-hybridized carbons (Fsp3) is 1.00. The Morgan fingerprint density at radius 3 is 2.00 bits per heavy atom. The van der Waals surface area contributed by atoms with E-state index < -0.39 is 0 Å². The Bertz CT molecular complexity index is 114. The van der Waals surface area contributed by atoms with Crippen molar-refractivity contribution < 1.29 is 0 Å². The zero-order chi connectivity index (χ0) is 10.8. The summed E-state index contributed by atoms with van der Waals surface area (Å²) in [7, 11) is 0. The van der Waals surface area contributed by atoms with E-state index in [2.05, 4.69) is 10.2 Å². The van der Waals surface area contributed by atoms with Gasteiger partial charge in [-0.25, -0.2) is 0 Å². The van der Waals surface area contributed by atoms with Crippen molar-refractivity contribution in [2.75, 3.05) is 45.8 Å². The predicted molar refractivity (Wildman–Crippen MR) is 59.6 cm³/mol. The van der Waals surface area contributed by atoms with Gasteiger partial charge in [0.25, 0.3) is 0 Å². The SMILES string of the molecule is NCCN[C@H](N)CN(CCN)CCN. The third-order valence-corrected chi connectivity index (χ3v) is 1.90. The van der Waals surface area contributed by atoms with Crippen LogP contribution in [-0.4, -0.2) is 56.9 Å². The first kappa shape index (κ1) is 13.8. The molecule has 0 aromatic carbocycles. The van der Waals surface area contributed by atoms with Crippen molar-refractivity contribution in [2.24, 2.45) is 22.9 Å². The third-order valence-electron chi connectivity index (χ3n) is 1.90. The normalized spacial score (nSPS) is 13.5. The summed E-state index contributed by atoms with van der Waals surface area (Å²) in [5, 5.41) is 3.11. The van der Waals surface area contributed by atoms with E-state index in [1.165, 1.54) is 0 Å². The smallest absolute Gasteiger partial charge is 0.0678 e. The number of nitrogens with one attached hydrogen (secondary N) is 1. The quantitative estimate of drug-likeness (QED) is 0.256. The predicted octanol–water partition coefficient (Wildman–Crippen LogP) is -2.96. The minimum atomic E-state index is -0.0587. The molecule has 6 nitrogen and oxygen atoms in total. The highest BCUT2D eigenvalue weighted by Crippen LogP contribution is 1.86. The molecule has 0 radical (unpaired) electrons. The first-order valence-corrected chi connectivity index (χ1v) is 5.06. The van der Waals surface area contributed by atoms with Gasteiger partial charge in [0.1, 0.15) is 0 Å². The van der Waals surface area contributed by atoms with E-state index in [0.717, 1.165) is 26.2 Å². The molecule has 0 saturated heterocycles. The van der Waals surface area contributed by atoms with Crippen molar-refractivity contribution in [3.8, 4) is 0 Å². The van der Waals surface area contributed by atoms with Crippen LogP contribution in [0, 0.1) is 0 Å². The Labute approximate surface area is 86.0 Å². The number of rotatable bonds is 9. The minimum absolute atomic E-state index is 0.0587. The summed E-state index contributed by atoms with van der Waals surface area (Å²) in [6, 6.07) is 0. The molecule has 0 aliphatic heterocycles. The lowest BCUT2D eigenvalue weighted by Gasteiger charge is -2.24. The van der Waals surface area contributed by atoms with Gasteiger partial charge in [-0.3, -0.25) is 10.2 Å². The van der Waals surface area contributed by atoms with E-state index in [-0.39, 0.29) is 6.17 Å². The largest absolute Gasteiger partial charge is 0.329 e. The minimum Gasteiger partial charge on any atom is -0.329 e. The van der Waals surface area contributed by atoms with Gasteiger partial charge in [0.15, 0.2) is 0 Å². The Balaban J connectivity index is 3.64. The van der Waals surface area contributed by atoms with Crippen molar-refractivity contribution in [3.63, 3.8) is 0 Å². The fourth-order valence-electron chi connectivity index (χ4n) is 1.27. The Hall–Kier alpha value is -0.240. The molecule has 0 aromatic rings. The van der Waals surface area contributed by atoms with Crippen LogP contribution in [0.25, 0.3) is 0 Å². The van der Waals surface area contributed by atoms with Crippen LogP contribution in [0.3, 0.4) is 0 Å². The highest BCUT2D eigenvalue weighted by molar-refractivity contribution is 4.67. The van der Waals surface area contributed by atoms with Gasteiger partial charge in [-0.05, 0) is 0 Å². The standard InChI is InChI=1S/C8H24N6/c9-1-4-13-8(12)7-14(5-2-10)6-3-11/h8,13H,1-7,9-12H2/t8-/m0/s1. The van der Waals surface area contributed by atoms with Crippen LogP contribution < -0.4 is 28.3 Å². The van der Waals surface area contributed by atoms with Crippen molar-refractivity contribution in [1.29, 1.82) is 0 Å². The van der Waals surface area contributed by atoms with Gasteiger partial charge in [0.05, 0.1) is 6.17 Å². The van der Waals surface area contributed by atoms with E-state index in [4.69, 9.17) is 22.9 Å². The van der Waals surface area contributed by atoms with Crippen LogP contribution >= 0.6 is 0 Å². The van der Waals surface area contributed by atoms with Gasteiger partial charge in [0.2, 0.25) is 0 Å². The lowest BCUT2D eigenvalue weighted by atomic mass is 10.4. The van der Waals surface area contributed by atoms with Crippen molar-refractivity contribution in [3.05, 3.63) is 0 Å². The summed E-state index contributed by atoms with van der Waals surface area (Å²) in [4.78, 5) is 2.15. The molecule has 0 unspecified atom stereocenters. The molecule has 6 heteroatoms. The highest BCUT2D eigenvalue weighted by Gasteiger charge is 2.07. The number of nitrogens with two attached hydrogens (primary N) is 4. The lowest BCUT2D eigenvalue weighted by Crippen LogP contribution is -2.50. The van der Waals surface area contributed by atoms with Gasteiger partial charge in [-0.15, -0.1) is 0 Å². The van der Waals surface area contributed by atoms with Gasteiger partial charge < -0.3 is 22.9 Å². The van der Waals surface area contributed by atoms with Crippen molar-refractivity contribution >= 4 is 0 Å². The lowest BCUT2D eigenvalue weighted by molar-refractivity contribution is 0.256. The van der Waals surface area contributed by atoms with Crippen LogP contribution in [0.4, 0.5) is 0 Å². The Morgan fingerprint density at radius 2 is 1.57 bits per heavy atom. The summed E-state index contributed by atoms with van der Waals surface area (Å²) in [6.07, 6.45) is -0.0587. The molecular formula is C8H24N6. The summed E-state index contributed by atoms with van der Waals surface area (Å²) in [5.74, 6) is 0. The monoisotopic (exact) mass is 204 g/mol. The van der Waals surface area contributed by atoms with Crippen LogP contribution in [0.1, 0.15) is 0 Å². The Kier molecular flexibility index (Phi) is 9.16. The zero-order valence-corrected chi connectivity index (χ0v) is 8.78. The number of nitrogens with zero attached hydrogens (tertiary/aromatic N) is 1. The molecule has 0 amide bonds. The molecule has 0 heterocycles. The molecule has 14 heavy (non-hydrogen) atoms. The average Bonchev–Trinajstić information content (AvgIpc) is 2.15. The van der Waals surface area contributed by atoms with Crippen LogP contribution in [0.2, 0.25) is 0 Å². The van der Waals surface area contributed by atoms with Gasteiger partial charge in [-0.2, -0.15) is 0 Å². The van der Waals surface area contributed by atoms with Crippen molar-refractivity contribution in [2.45, 2.75) is 6.17 Å².